The number of hydrogen-bond acceptors (Lipinski definition) is 3. The average Bonchev–Trinajstić information content (AvgIpc) is 2.78. The van der Waals surface area contributed by atoms with E-state index in [0.29, 0.717) is 5.92 Å². The second kappa shape index (κ2) is 8.30. The molecule has 4 heteroatoms. The Morgan fingerprint density at radius 3 is 2.36 bits per heavy atom. The van der Waals surface area contributed by atoms with Gasteiger partial charge in [0.2, 0.25) is 0 Å². The van der Waals surface area contributed by atoms with Gasteiger partial charge in [-0.15, -0.1) is 0 Å². The van der Waals surface area contributed by atoms with Crippen LogP contribution in [-0.2, 0) is 10.4 Å². The zero-order valence-electron chi connectivity index (χ0n) is 14.1. The second-order valence-corrected chi connectivity index (χ2v) is 6.35. The number of hydrogen-bond donors (Lipinski definition) is 2. The smallest absolute Gasteiger partial charge is 0.303 e. The summed E-state index contributed by atoms with van der Waals surface area (Å²) < 4.78 is 0. The number of nitrogens with zero attached hydrogens (tertiary/aromatic N) is 1. The van der Waals surface area contributed by atoms with Gasteiger partial charge in [0.05, 0.1) is 0 Å². The highest BCUT2D eigenvalue weighted by molar-refractivity contribution is 5.66. The van der Waals surface area contributed by atoms with E-state index in [-0.39, 0.29) is 12.5 Å². The third kappa shape index (κ3) is 4.82. The summed E-state index contributed by atoms with van der Waals surface area (Å²) in [6.45, 7) is 10.3. The summed E-state index contributed by atoms with van der Waals surface area (Å²) in [5, 5.41) is 18.6. The summed E-state index contributed by atoms with van der Waals surface area (Å²) in [6, 6.07) is 10.3. The standard InChI is InChI=1S/C15H23NO.C3H6O2/c1-12(2)11-16-10-9-15(17,13(16)3)14-7-5-4-6-8-14;1-2-3(4)5/h4-8,12-13,17H,9-11H2,1-3H3;2H2,1H3,(H,4,5). The molecule has 1 heterocycles. The quantitative estimate of drug-likeness (QED) is 0.897. The largest absolute Gasteiger partial charge is 0.481 e. The predicted octanol–water partition coefficient (Wildman–Crippen LogP) is 3.11. The van der Waals surface area contributed by atoms with E-state index in [4.69, 9.17) is 5.11 Å². The first kappa shape index (κ1) is 18.7. The minimum atomic E-state index is -0.745. The number of rotatable bonds is 4. The van der Waals surface area contributed by atoms with Crippen molar-refractivity contribution >= 4 is 5.97 Å². The Balaban J connectivity index is 0.000000422. The van der Waals surface area contributed by atoms with Crippen molar-refractivity contribution in [3.8, 4) is 0 Å². The van der Waals surface area contributed by atoms with E-state index in [0.717, 1.165) is 25.1 Å². The van der Waals surface area contributed by atoms with Crippen LogP contribution in [0.25, 0.3) is 0 Å². The molecule has 1 aliphatic rings. The first-order chi connectivity index (χ1) is 10.3. The molecular weight excluding hydrogens is 278 g/mol. The van der Waals surface area contributed by atoms with E-state index < -0.39 is 11.6 Å². The van der Waals surface area contributed by atoms with Gasteiger partial charge in [0.1, 0.15) is 5.60 Å². The number of aliphatic hydroxyl groups is 1. The van der Waals surface area contributed by atoms with Gasteiger partial charge in [0, 0.05) is 25.6 Å². The van der Waals surface area contributed by atoms with Crippen molar-refractivity contribution in [2.24, 2.45) is 5.92 Å². The molecule has 1 fully saturated rings. The third-order valence-electron chi connectivity index (χ3n) is 4.19. The fourth-order valence-electron chi connectivity index (χ4n) is 2.85. The van der Waals surface area contributed by atoms with Crippen molar-refractivity contribution in [3.05, 3.63) is 35.9 Å². The molecule has 2 N–H and O–H groups in total. The molecule has 0 aromatic heterocycles. The summed E-state index contributed by atoms with van der Waals surface area (Å²) in [5.41, 5.74) is 0.384. The molecule has 0 aliphatic carbocycles. The van der Waals surface area contributed by atoms with E-state index in [1.165, 1.54) is 0 Å². The van der Waals surface area contributed by atoms with Gasteiger partial charge in [0.25, 0.3) is 0 Å². The van der Waals surface area contributed by atoms with E-state index in [9.17, 15) is 9.90 Å². The minimum Gasteiger partial charge on any atom is -0.481 e. The number of carboxylic acids is 1. The van der Waals surface area contributed by atoms with Crippen LogP contribution in [-0.4, -0.2) is 40.2 Å². The summed E-state index contributed by atoms with van der Waals surface area (Å²) >= 11 is 0. The average molecular weight is 307 g/mol. The Hall–Kier alpha value is -1.39. The Labute approximate surface area is 133 Å². The van der Waals surface area contributed by atoms with Gasteiger partial charge in [-0.1, -0.05) is 51.1 Å². The van der Waals surface area contributed by atoms with Crippen LogP contribution in [0.2, 0.25) is 0 Å². The van der Waals surface area contributed by atoms with Gasteiger partial charge in [0.15, 0.2) is 0 Å². The highest BCUT2D eigenvalue weighted by Crippen LogP contribution is 2.37. The van der Waals surface area contributed by atoms with Crippen LogP contribution in [0.1, 0.15) is 46.1 Å². The van der Waals surface area contributed by atoms with E-state index in [1.807, 2.05) is 30.3 Å². The lowest BCUT2D eigenvalue weighted by atomic mass is 9.87. The Morgan fingerprint density at radius 2 is 1.91 bits per heavy atom. The maximum Gasteiger partial charge on any atom is 0.303 e. The second-order valence-electron chi connectivity index (χ2n) is 6.35. The molecule has 0 saturated carbocycles. The van der Waals surface area contributed by atoms with Crippen LogP contribution in [0, 0.1) is 5.92 Å². The zero-order valence-corrected chi connectivity index (χ0v) is 14.1. The molecule has 22 heavy (non-hydrogen) atoms. The first-order valence-corrected chi connectivity index (χ1v) is 8.05. The van der Waals surface area contributed by atoms with E-state index >= 15 is 0 Å². The molecule has 0 bridgehead atoms. The number of benzene rings is 1. The van der Waals surface area contributed by atoms with Gasteiger partial charge >= 0.3 is 5.97 Å². The third-order valence-corrected chi connectivity index (χ3v) is 4.19. The molecule has 2 atom stereocenters. The summed E-state index contributed by atoms with van der Waals surface area (Å²) in [5.74, 6) is -0.0967. The number of carboxylic acid groups (broad SMARTS) is 1. The number of carbonyl (C=O) groups is 1. The molecule has 1 aromatic rings. The topological polar surface area (TPSA) is 60.8 Å². The molecule has 1 aliphatic heterocycles. The van der Waals surface area contributed by atoms with Crippen molar-refractivity contribution in [1.82, 2.24) is 4.90 Å². The van der Waals surface area contributed by atoms with E-state index in [1.54, 1.807) is 6.92 Å². The Kier molecular flexibility index (Phi) is 7.04. The molecule has 0 radical (unpaired) electrons. The highest BCUT2D eigenvalue weighted by atomic mass is 16.4. The minimum absolute atomic E-state index is 0.201. The fourth-order valence-corrected chi connectivity index (χ4v) is 2.85. The van der Waals surface area contributed by atoms with Gasteiger partial charge < -0.3 is 10.2 Å². The molecule has 0 spiro atoms. The van der Waals surface area contributed by atoms with Gasteiger partial charge in [-0.05, 0) is 24.8 Å². The summed E-state index contributed by atoms with van der Waals surface area (Å²) in [6.07, 6.45) is 1.06. The van der Waals surface area contributed by atoms with Crippen molar-refractivity contribution in [1.29, 1.82) is 0 Å². The van der Waals surface area contributed by atoms with Crippen LogP contribution in [0.4, 0.5) is 0 Å². The monoisotopic (exact) mass is 307 g/mol. The molecule has 2 unspecified atom stereocenters. The van der Waals surface area contributed by atoms with Crippen molar-refractivity contribution in [2.45, 2.75) is 52.2 Å². The maximum atomic E-state index is 10.9. The lowest BCUT2D eigenvalue weighted by Crippen LogP contribution is -2.41. The van der Waals surface area contributed by atoms with Crippen LogP contribution in [0.15, 0.2) is 30.3 Å². The first-order valence-electron chi connectivity index (χ1n) is 8.05. The Morgan fingerprint density at radius 1 is 1.36 bits per heavy atom. The molecular formula is C18H29NO3. The van der Waals surface area contributed by atoms with Gasteiger partial charge in [-0.2, -0.15) is 0 Å². The number of aliphatic carboxylic acids is 1. The van der Waals surface area contributed by atoms with Gasteiger partial charge in [-0.3, -0.25) is 9.69 Å². The van der Waals surface area contributed by atoms with Crippen molar-refractivity contribution in [2.75, 3.05) is 13.1 Å². The van der Waals surface area contributed by atoms with E-state index in [2.05, 4.69) is 25.7 Å². The molecule has 1 aromatic carbocycles. The van der Waals surface area contributed by atoms with Crippen molar-refractivity contribution < 1.29 is 15.0 Å². The number of likely N-dealkylation sites (tertiary alicyclic amines) is 1. The molecule has 0 amide bonds. The van der Waals surface area contributed by atoms with Crippen LogP contribution in [0.5, 0.6) is 0 Å². The summed E-state index contributed by atoms with van der Waals surface area (Å²) in [4.78, 5) is 11.8. The summed E-state index contributed by atoms with van der Waals surface area (Å²) in [7, 11) is 0. The molecule has 1 saturated heterocycles. The SMILES string of the molecule is CC(C)CN1CCC(O)(c2ccccc2)C1C.CCC(=O)O. The fraction of sp³-hybridized carbons (Fsp3) is 0.611. The lowest BCUT2D eigenvalue weighted by molar-refractivity contribution is -0.136. The van der Waals surface area contributed by atoms with Crippen LogP contribution >= 0.6 is 0 Å². The molecule has 124 valence electrons. The molecule has 2 rings (SSSR count). The van der Waals surface area contributed by atoms with Crippen LogP contribution in [0.3, 0.4) is 0 Å². The molecule has 4 nitrogen and oxygen atoms in total. The van der Waals surface area contributed by atoms with Gasteiger partial charge in [-0.25, -0.2) is 0 Å². The zero-order chi connectivity index (χ0) is 16.8. The van der Waals surface area contributed by atoms with Crippen molar-refractivity contribution in [3.63, 3.8) is 0 Å². The Bertz CT molecular complexity index is 461. The normalized spacial score (nSPS) is 24.9. The maximum absolute atomic E-state index is 10.9. The highest BCUT2D eigenvalue weighted by Gasteiger charge is 2.44. The van der Waals surface area contributed by atoms with Crippen LogP contribution < -0.4 is 0 Å². The predicted molar refractivity (Wildman–Crippen MR) is 88.8 cm³/mol. The lowest BCUT2D eigenvalue weighted by Gasteiger charge is -2.32.